The number of phenolic OH excluding ortho intramolecular Hbond substituents is 1. The first-order valence-electron chi connectivity index (χ1n) is 5.73. The minimum atomic E-state index is 0.285. The highest BCUT2D eigenvalue weighted by molar-refractivity contribution is 5.64. The highest BCUT2D eigenvalue weighted by Crippen LogP contribution is 2.23. The number of aromatic hydroxyl groups is 1. The van der Waals surface area contributed by atoms with Gasteiger partial charge in [0.1, 0.15) is 11.5 Å². The molecule has 2 heteroatoms. The fourth-order valence-corrected chi connectivity index (χ4v) is 1.44. The van der Waals surface area contributed by atoms with Crippen LogP contribution in [0, 0.1) is 0 Å². The van der Waals surface area contributed by atoms with Crippen molar-refractivity contribution < 1.29 is 9.84 Å². The molecular weight excluding hydrogens is 212 g/mol. The second-order valence-electron chi connectivity index (χ2n) is 3.28. The van der Waals surface area contributed by atoms with Crippen LogP contribution in [0.3, 0.4) is 0 Å². The van der Waals surface area contributed by atoms with Gasteiger partial charge in [-0.2, -0.15) is 0 Å². The van der Waals surface area contributed by atoms with Crippen LogP contribution in [0.15, 0.2) is 48.5 Å². The van der Waals surface area contributed by atoms with Gasteiger partial charge in [-0.15, -0.1) is 0 Å². The molecule has 0 bridgehead atoms. The predicted molar refractivity (Wildman–Crippen MR) is 71.4 cm³/mol. The van der Waals surface area contributed by atoms with Crippen molar-refractivity contribution in [3.8, 4) is 22.6 Å². The lowest BCUT2D eigenvalue weighted by Gasteiger charge is -2.03. The zero-order valence-corrected chi connectivity index (χ0v) is 10.5. The average molecular weight is 230 g/mol. The summed E-state index contributed by atoms with van der Waals surface area (Å²) in [4.78, 5) is 0. The zero-order chi connectivity index (χ0) is 12.7. The molecule has 90 valence electrons. The molecule has 0 aliphatic heterocycles. The fourth-order valence-electron chi connectivity index (χ4n) is 1.44. The smallest absolute Gasteiger partial charge is 0.118 e. The van der Waals surface area contributed by atoms with Crippen LogP contribution in [0.25, 0.3) is 11.1 Å². The van der Waals surface area contributed by atoms with E-state index in [0.717, 1.165) is 16.9 Å². The van der Waals surface area contributed by atoms with E-state index in [2.05, 4.69) is 0 Å². The summed E-state index contributed by atoms with van der Waals surface area (Å²) in [6.07, 6.45) is 0. The monoisotopic (exact) mass is 230 g/mol. The van der Waals surface area contributed by atoms with Gasteiger partial charge in [-0.25, -0.2) is 0 Å². The van der Waals surface area contributed by atoms with Crippen molar-refractivity contribution in [1.82, 2.24) is 0 Å². The Morgan fingerprint density at radius 2 is 1.18 bits per heavy atom. The van der Waals surface area contributed by atoms with Gasteiger partial charge >= 0.3 is 0 Å². The molecule has 0 aromatic heterocycles. The summed E-state index contributed by atoms with van der Waals surface area (Å²) in [5, 5.41) is 9.17. The molecule has 2 nitrogen and oxygen atoms in total. The molecule has 0 saturated carbocycles. The van der Waals surface area contributed by atoms with Gasteiger partial charge in [-0.3, -0.25) is 0 Å². The van der Waals surface area contributed by atoms with E-state index < -0.39 is 0 Å². The highest BCUT2D eigenvalue weighted by Gasteiger charge is 1.97. The van der Waals surface area contributed by atoms with Gasteiger partial charge in [-0.1, -0.05) is 38.1 Å². The van der Waals surface area contributed by atoms with Crippen LogP contribution in [-0.4, -0.2) is 12.2 Å². The molecule has 2 aromatic carbocycles. The molecule has 0 aliphatic rings. The number of methoxy groups -OCH3 is 1. The molecule has 0 aliphatic carbocycles. The molecule has 0 spiro atoms. The largest absolute Gasteiger partial charge is 0.508 e. The Balaban J connectivity index is 0.000000686. The van der Waals surface area contributed by atoms with Crippen LogP contribution >= 0.6 is 0 Å². The molecule has 0 unspecified atom stereocenters. The first-order valence-corrected chi connectivity index (χ1v) is 5.73. The van der Waals surface area contributed by atoms with Gasteiger partial charge in [0.05, 0.1) is 7.11 Å². The molecule has 0 heterocycles. The molecule has 0 fully saturated rings. The summed E-state index contributed by atoms with van der Waals surface area (Å²) in [5.41, 5.74) is 2.19. The summed E-state index contributed by atoms with van der Waals surface area (Å²) in [5.74, 6) is 1.13. The Hall–Kier alpha value is -1.96. The minimum Gasteiger partial charge on any atom is -0.508 e. The third-order valence-electron chi connectivity index (χ3n) is 2.29. The first-order chi connectivity index (χ1) is 8.29. The summed E-state index contributed by atoms with van der Waals surface area (Å²) >= 11 is 0. The average Bonchev–Trinajstić information content (AvgIpc) is 2.42. The Labute approximate surface area is 102 Å². The van der Waals surface area contributed by atoms with Crippen LogP contribution in [0.4, 0.5) is 0 Å². The minimum absolute atomic E-state index is 0.285. The lowest BCUT2D eigenvalue weighted by Crippen LogP contribution is -1.82. The summed E-state index contributed by atoms with van der Waals surface area (Å²) < 4.78 is 5.08. The molecule has 0 amide bonds. The van der Waals surface area contributed by atoms with Gasteiger partial charge in [-0.05, 0) is 35.4 Å². The molecule has 0 saturated heterocycles. The van der Waals surface area contributed by atoms with Gasteiger partial charge in [0.15, 0.2) is 0 Å². The standard InChI is InChI=1S/C13H12O2.C2H6/c1-15-13-8-4-11(5-9-13)10-2-6-12(14)7-3-10;1-2/h2-9,14H,1H3;1-2H3. The van der Waals surface area contributed by atoms with E-state index in [0.29, 0.717) is 0 Å². The van der Waals surface area contributed by atoms with Crippen LogP contribution in [0.1, 0.15) is 13.8 Å². The zero-order valence-electron chi connectivity index (χ0n) is 10.5. The van der Waals surface area contributed by atoms with Crippen LogP contribution < -0.4 is 4.74 Å². The molecule has 0 radical (unpaired) electrons. The Morgan fingerprint density at radius 3 is 1.59 bits per heavy atom. The van der Waals surface area contributed by atoms with Crippen molar-refractivity contribution in [2.45, 2.75) is 13.8 Å². The van der Waals surface area contributed by atoms with Crippen molar-refractivity contribution in [3.63, 3.8) is 0 Å². The summed E-state index contributed by atoms with van der Waals surface area (Å²) in [7, 11) is 1.65. The summed E-state index contributed by atoms with van der Waals surface area (Å²) in [6.45, 7) is 4.00. The number of phenols is 1. The Morgan fingerprint density at radius 1 is 0.765 bits per heavy atom. The van der Waals surface area contributed by atoms with E-state index in [-0.39, 0.29) is 5.75 Å². The van der Waals surface area contributed by atoms with Gasteiger partial charge in [0, 0.05) is 0 Å². The normalized spacial score (nSPS) is 9.12. The van der Waals surface area contributed by atoms with E-state index in [1.165, 1.54) is 0 Å². The quantitative estimate of drug-likeness (QED) is 0.841. The predicted octanol–water partition coefficient (Wildman–Crippen LogP) is 4.09. The SMILES string of the molecule is CC.COc1ccc(-c2ccc(O)cc2)cc1. The third kappa shape index (κ3) is 3.52. The molecule has 0 atom stereocenters. The second-order valence-corrected chi connectivity index (χ2v) is 3.28. The van der Waals surface area contributed by atoms with Crippen LogP contribution in [0.5, 0.6) is 11.5 Å². The Bertz CT molecular complexity index is 429. The molecule has 2 aromatic rings. The van der Waals surface area contributed by atoms with Gasteiger partial charge in [0.2, 0.25) is 0 Å². The van der Waals surface area contributed by atoms with E-state index in [1.54, 1.807) is 19.2 Å². The van der Waals surface area contributed by atoms with Gasteiger partial charge < -0.3 is 9.84 Å². The third-order valence-corrected chi connectivity index (χ3v) is 2.29. The topological polar surface area (TPSA) is 29.5 Å². The highest BCUT2D eigenvalue weighted by atomic mass is 16.5. The van der Waals surface area contributed by atoms with Crippen LogP contribution in [0.2, 0.25) is 0 Å². The maximum Gasteiger partial charge on any atom is 0.118 e. The Kier molecular flexibility index (Phi) is 5.08. The lowest BCUT2D eigenvalue weighted by atomic mass is 10.1. The fraction of sp³-hybridized carbons (Fsp3) is 0.200. The first kappa shape index (κ1) is 13.1. The van der Waals surface area contributed by atoms with E-state index in [4.69, 9.17) is 9.84 Å². The number of benzene rings is 2. The van der Waals surface area contributed by atoms with Crippen LogP contribution in [-0.2, 0) is 0 Å². The number of hydrogen-bond acceptors (Lipinski definition) is 2. The van der Waals surface area contributed by atoms with E-state index in [9.17, 15) is 0 Å². The molecule has 17 heavy (non-hydrogen) atoms. The number of hydrogen-bond donors (Lipinski definition) is 1. The maximum atomic E-state index is 9.17. The van der Waals surface area contributed by atoms with Crippen molar-refractivity contribution in [1.29, 1.82) is 0 Å². The van der Waals surface area contributed by atoms with Crippen molar-refractivity contribution in [2.24, 2.45) is 0 Å². The lowest BCUT2D eigenvalue weighted by molar-refractivity contribution is 0.415. The summed E-state index contributed by atoms with van der Waals surface area (Å²) in [6, 6.07) is 15.0. The number of rotatable bonds is 2. The second kappa shape index (κ2) is 6.59. The van der Waals surface area contributed by atoms with Crippen molar-refractivity contribution >= 4 is 0 Å². The van der Waals surface area contributed by atoms with Crippen molar-refractivity contribution in [2.75, 3.05) is 7.11 Å². The van der Waals surface area contributed by atoms with Crippen molar-refractivity contribution in [3.05, 3.63) is 48.5 Å². The van der Waals surface area contributed by atoms with E-state index in [1.807, 2.05) is 50.2 Å². The number of ether oxygens (including phenoxy) is 1. The molecule has 1 N–H and O–H groups in total. The van der Waals surface area contributed by atoms with E-state index >= 15 is 0 Å². The van der Waals surface area contributed by atoms with Gasteiger partial charge in [0.25, 0.3) is 0 Å². The molecular formula is C15H18O2. The maximum absolute atomic E-state index is 9.17. The molecule has 2 rings (SSSR count).